The molecule has 0 aliphatic heterocycles. The number of carbonyl (C=O) groups excluding carboxylic acids is 1. The first-order chi connectivity index (χ1) is 20.7. The number of nitrogens with one attached hydrogen (secondary N) is 2. The quantitative estimate of drug-likeness (QED) is 0.180. The van der Waals surface area contributed by atoms with Crippen molar-refractivity contribution in [3.63, 3.8) is 0 Å². The van der Waals surface area contributed by atoms with Gasteiger partial charge in [-0.15, -0.1) is 0 Å². The second-order valence-corrected chi connectivity index (χ2v) is 13.0. The number of aliphatic hydroxyl groups is 2. The maximum absolute atomic E-state index is 13.7. The van der Waals surface area contributed by atoms with Gasteiger partial charge in [-0.1, -0.05) is 79.7 Å². The van der Waals surface area contributed by atoms with E-state index >= 15 is 0 Å². The lowest BCUT2D eigenvalue weighted by Crippen LogP contribution is -2.50. The Balaban J connectivity index is 1.71. The molecule has 0 saturated carbocycles. The molecule has 0 spiro atoms. The van der Waals surface area contributed by atoms with Crippen LogP contribution in [0, 0.1) is 0 Å². The van der Waals surface area contributed by atoms with Crippen molar-refractivity contribution in [1.29, 1.82) is 0 Å². The Bertz CT molecular complexity index is 1310. The van der Waals surface area contributed by atoms with Crippen LogP contribution in [-0.4, -0.2) is 66.7 Å². The van der Waals surface area contributed by atoms with Crippen LogP contribution in [0.3, 0.4) is 0 Å². The molecule has 3 atom stereocenters. The minimum Gasteiger partial charge on any atom is -0.395 e. The number of hydrogen-bond acceptors (Lipinski definition) is 6. The number of benzene rings is 3. The van der Waals surface area contributed by atoms with Crippen molar-refractivity contribution >= 4 is 15.9 Å². The number of likely N-dealkylation sites (N-methyl/N-ethyl adjacent to an activating group) is 1. The van der Waals surface area contributed by atoms with Gasteiger partial charge in [-0.3, -0.25) is 4.79 Å². The first kappa shape index (κ1) is 34.4. The maximum atomic E-state index is 13.7. The third-order valence-electron chi connectivity index (χ3n) is 7.93. The van der Waals surface area contributed by atoms with Crippen LogP contribution in [0.5, 0.6) is 0 Å². The Hall–Kier alpha value is -3.08. The van der Waals surface area contributed by atoms with Crippen LogP contribution in [-0.2, 0) is 21.4 Å². The smallest absolute Gasteiger partial charge is 0.243 e. The second-order valence-electron chi connectivity index (χ2n) is 11.2. The number of aliphatic hydroxyl groups excluding tert-OH is 2. The zero-order valence-electron chi connectivity index (χ0n) is 25.7. The third kappa shape index (κ3) is 8.97. The molecule has 9 heteroatoms. The minimum absolute atomic E-state index is 0.0940. The molecule has 0 unspecified atom stereocenters. The van der Waals surface area contributed by atoms with Gasteiger partial charge in [0, 0.05) is 24.0 Å². The summed E-state index contributed by atoms with van der Waals surface area (Å²) in [5, 5.41) is 26.1. The van der Waals surface area contributed by atoms with E-state index in [2.05, 4.69) is 10.6 Å². The molecular weight excluding hydrogens is 562 g/mol. The van der Waals surface area contributed by atoms with Gasteiger partial charge < -0.3 is 20.8 Å². The lowest BCUT2D eigenvalue weighted by molar-refractivity contribution is -0.124. The molecule has 0 aliphatic carbocycles. The van der Waals surface area contributed by atoms with Gasteiger partial charge in [-0.05, 0) is 75.4 Å². The predicted molar refractivity (Wildman–Crippen MR) is 171 cm³/mol. The van der Waals surface area contributed by atoms with E-state index in [9.17, 15) is 23.4 Å². The van der Waals surface area contributed by atoms with Gasteiger partial charge in [0.25, 0.3) is 0 Å². The van der Waals surface area contributed by atoms with E-state index in [0.717, 1.165) is 17.5 Å². The highest BCUT2D eigenvalue weighted by molar-refractivity contribution is 7.89. The van der Waals surface area contributed by atoms with Gasteiger partial charge in [0.05, 0.1) is 24.2 Å². The fraction of sp³-hybridized carbons (Fsp3) is 0.441. The van der Waals surface area contributed by atoms with Crippen molar-refractivity contribution in [3.05, 3.63) is 102 Å². The first-order valence-electron chi connectivity index (χ1n) is 15.1. The van der Waals surface area contributed by atoms with Crippen LogP contribution in [0.2, 0.25) is 0 Å². The summed E-state index contributed by atoms with van der Waals surface area (Å²) in [6.45, 7) is 5.13. The average Bonchev–Trinajstić information content (AvgIpc) is 3.02. The van der Waals surface area contributed by atoms with Crippen molar-refractivity contribution < 1.29 is 23.4 Å². The Kier molecular flexibility index (Phi) is 13.3. The lowest BCUT2D eigenvalue weighted by Gasteiger charge is -2.33. The Labute approximate surface area is 257 Å². The summed E-state index contributed by atoms with van der Waals surface area (Å²) in [5.74, 6) is -0.275. The molecule has 0 aromatic heterocycles. The van der Waals surface area contributed by atoms with Crippen LogP contribution in [0.15, 0.2) is 89.8 Å². The molecule has 3 aromatic rings. The van der Waals surface area contributed by atoms with Crippen LogP contribution < -0.4 is 10.6 Å². The molecule has 3 rings (SSSR count). The Morgan fingerprint density at radius 2 is 1.42 bits per heavy atom. The molecule has 43 heavy (non-hydrogen) atoms. The summed E-state index contributed by atoms with van der Waals surface area (Å²) in [7, 11) is -2.08. The molecule has 0 aliphatic rings. The summed E-state index contributed by atoms with van der Waals surface area (Å²) >= 11 is 0. The van der Waals surface area contributed by atoms with Gasteiger partial charge in [-0.25, -0.2) is 8.42 Å². The number of carbonyl (C=O) groups is 1. The van der Waals surface area contributed by atoms with Crippen LogP contribution in [0.1, 0.15) is 69.1 Å². The van der Waals surface area contributed by atoms with Crippen LogP contribution in [0.25, 0.3) is 0 Å². The summed E-state index contributed by atoms with van der Waals surface area (Å²) in [5.41, 5.74) is 2.71. The van der Waals surface area contributed by atoms with E-state index in [1.54, 1.807) is 33.0 Å². The van der Waals surface area contributed by atoms with Gasteiger partial charge in [-0.2, -0.15) is 4.31 Å². The highest BCUT2D eigenvalue weighted by atomic mass is 32.2. The maximum Gasteiger partial charge on any atom is 0.243 e. The largest absolute Gasteiger partial charge is 0.395 e. The molecule has 0 fully saturated rings. The monoisotopic (exact) mass is 609 g/mol. The van der Waals surface area contributed by atoms with Crippen molar-refractivity contribution in [2.24, 2.45) is 0 Å². The average molecular weight is 610 g/mol. The number of rotatable bonds is 17. The SMILES string of the molecule is CC[C@@H](CCC[C@@H](CO)N(C(C)C)S(=O)(=O)c1ccc(CO)cc1)NC(=O)[C@@H](NC)C(c1ccccc1)c1ccccc1. The van der Waals surface area contributed by atoms with Crippen molar-refractivity contribution in [3.8, 4) is 0 Å². The van der Waals surface area contributed by atoms with Gasteiger partial charge in [0.15, 0.2) is 0 Å². The van der Waals surface area contributed by atoms with Crippen molar-refractivity contribution in [1.82, 2.24) is 14.9 Å². The zero-order chi connectivity index (χ0) is 31.4. The number of nitrogens with zero attached hydrogens (tertiary/aromatic N) is 1. The standard InChI is InChI=1S/C34H47N3O5S/c1-5-29(36-34(40)33(35-4)32(27-13-8-6-9-14-27)28-15-10-7-11-16-28)17-12-18-30(24-39)37(25(2)3)43(41,42)31-21-19-26(23-38)20-22-31/h6-11,13-16,19-22,25,29-30,32-33,35,38-39H,5,12,17-18,23-24H2,1-4H3,(H,36,40)/t29-,30-,33-/m0/s1. The zero-order valence-corrected chi connectivity index (χ0v) is 26.5. The van der Waals surface area contributed by atoms with E-state index in [-0.39, 0.29) is 42.0 Å². The van der Waals surface area contributed by atoms with Crippen molar-refractivity contribution in [2.75, 3.05) is 13.7 Å². The van der Waals surface area contributed by atoms with E-state index < -0.39 is 22.1 Å². The molecule has 8 nitrogen and oxygen atoms in total. The highest BCUT2D eigenvalue weighted by Gasteiger charge is 2.34. The number of hydrogen-bond donors (Lipinski definition) is 4. The van der Waals surface area contributed by atoms with E-state index in [4.69, 9.17) is 0 Å². The van der Waals surface area contributed by atoms with E-state index in [1.165, 1.54) is 16.4 Å². The third-order valence-corrected chi connectivity index (χ3v) is 10.1. The van der Waals surface area contributed by atoms with Gasteiger partial charge in [0.1, 0.15) is 0 Å². The highest BCUT2D eigenvalue weighted by Crippen LogP contribution is 2.29. The van der Waals surface area contributed by atoms with E-state index in [1.807, 2.05) is 67.6 Å². The molecule has 0 bridgehead atoms. The molecule has 234 valence electrons. The van der Waals surface area contributed by atoms with Crippen LogP contribution >= 0.6 is 0 Å². The normalized spacial score (nSPS) is 14.2. The molecule has 4 N–H and O–H groups in total. The molecule has 1 amide bonds. The number of sulfonamides is 1. The minimum atomic E-state index is -3.88. The van der Waals surface area contributed by atoms with E-state index in [0.29, 0.717) is 24.8 Å². The first-order valence-corrected chi connectivity index (χ1v) is 16.5. The fourth-order valence-corrected chi connectivity index (χ4v) is 7.54. The summed E-state index contributed by atoms with van der Waals surface area (Å²) in [6.07, 6.45) is 2.43. The van der Waals surface area contributed by atoms with Crippen molar-refractivity contribution in [2.45, 2.75) is 88.0 Å². The Morgan fingerprint density at radius 1 is 0.860 bits per heavy atom. The van der Waals surface area contributed by atoms with Gasteiger partial charge >= 0.3 is 0 Å². The topological polar surface area (TPSA) is 119 Å². The van der Waals surface area contributed by atoms with Gasteiger partial charge in [0.2, 0.25) is 15.9 Å². The predicted octanol–water partition coefficient (Wildman–Crippen LogP) is 4.42. The molecular formula is C34H47N3O5S. The molecule has 0 heterocycles. The molecule has 0 radical (unpaired) electrons. The fourth-order valence-electron chi connectivity index (χ4n) is 5.70. The van der Waals surface area contributed by atoms with Crippen LogP contribution in [0.4, 0.5) is 0 Å². The summed E-state index contributed by atoms with van der Waals surface area (Å²) < 4.78 is 28.5. The number of amides is 1. The summed E-state index contributed by atoms with van der Waals surface area (Å²) in [6, 6.07) is 24.6. The summed E-state index contributed by atoms with van der Waals surface area (Å²) in [4.78, 5) is 13.8. The lowest BCUT2D eigenvalue weighted by atomic mass is 9.84. The molecule has 0 saturated heterocycles. The Morgan fingerprint density at radius 3 is 1.86 bits per heavy atom. The molecule has 3 aromatic carbocycles. The second kappa shape index (κ2) is 16.7.